The van der Waals surface area contributed by atoms with Crippen LogP contribution in [0.5, 0.6) is 0 Å². The first-order chi connectivity index (χ1) is 18.4. The molecule has 1 atom stereocenters. The van der Waals surface area contributed by atoms with Gasteiger partial charge in [-0.05, 0) is 59.1 Å². The SMILES string of the molecule is CN(C(=O)COC(=O)c1c2c(nc3ccccc13)/C(=C\c1ccc(C(C)(C)C)cc1)CC2)[C@@H]1CCS(=O)(=O)C1. The Bertz CT molecular complexity index is 1580. The van der Waals surface area contributed by atoms with Gasteiger partial charge in [-0.3, -0.25) is 4.79 Å². The Morgan fingerprint density at radius 2 is 1.79 bits per heavy atom. The maximum absolute atomic E-state index is 13.4. The number of carbonyl (C=O) groups is 2. The minimum Gasteiger partial charge on any atom is -0.452 e. The summed E-state index contributed by atoms with van der Waals surface area (Å²) in [6.07, 6.45) is 3.92. The number of pyridine rings is 1. The zero-order chi connectivity index (χ0) is 27.9. The molecule has 2 aliphatic rings. The van der Waals surface area contributed by atoms with E-state index in [0.717, 1.165) is 28.8 Å². The number of hydrogen-bond donors (Lipinski definition) is 0. The first-order valence-corrected chi connectivity index (χ1v) is 15.1. The number of likely N-dealkylation sites (N-methyl/N-ethyl adjacent to an activating group) is 1. The van der Waals surface area contributed by atoms with Gasteiger partial charge in [-0.1, -0.05) is 63.2 Å². The molecule has 39 heavy (non-hydrogen) atoms. The molecule has 1 amide bonds. The second-order valence-electron chi connectivity index (χ2n) is 11.5. The van der Waals surface area contributed by atoms with Gasteiger partial charge in [-0.15, -0.1) is 0 Å². The van der Waals surface area contributed by atoms with Crippen molar-refractivity contribution < 1.29 is 22.7 Å². The zero-order valence-corrected chi connectivity index (χ0v) is 23.7. The number of ether oxygens (including phenoxy) is 1. The molecule has 1 aromatic heterocycles. The van der Waals surface area contributed by atoms with Crippen LogP contribution >= 0.6 is 0 Å². The summed E-state index contributed by atoms with van der Waals surface area (Å²) in [4.78, 5) is 32.5. The highest BCUT2D eigenvalue weighted by atomic mass is 32.2. The molecule has 0 unspecified atom stereocenters. The van der Waals surface area contributed by atoms with E-state index >= 15 is 0 Å². The smallest absolute Gasteiger partial charge is 0.339 e. The summed E-state index contributed by atoms with van der Waals surface area (Å²) in [5.74, 6) is -0.971. The van der Waals surface area contributed by atoms with Crippen LogP contribution in [0.3, 0.4) is 0 Å². The molecule has 0 spiro atoms. The van der Waals surface area contributed by atoms with Crippen molar-refractivity contribution in [3.63, 3.8) is 0 Å². The highest BCUT2D eigenvalue weighted by molar-refractivity contribution is 7.91. The van der Waals surface area contributed by atoms with E-state index in [2.05, 4.69) is 51.1 Å². The number of fused-ring (bicyclic) bond motifs is 2. The van der Waals surface area contributed by atoms with Crippen LogP contribution in [0.2, 0.25) is 0 Å². The van der Waals surface area contributed by atoms with Gasteiger partial charge in [0, 0.05) is 18.5 Å². The molecule has 0 saturated carbocycles. The molecule has 2 heterocycles. The Morgan fingerprint density at radius 1 is 1.08 bits per heavy atom. The number of amides is 1. The number of carbonyl (C=O) groups excluding carboxylic acids is 2. The topological polar surface area (TPSA) is 93.6 Å². The molecule has 1 fully saturated rings. The molecular formula is C31H34N2O5S. The van der Waals surface area contributed by atoms with Gasteiger partial charge < -0.3 is 9.64 Å². The fourth-order valence-electron chi connectivity index (χ4n) is 5.38. The molecule has 1 saturated heterocycles. The molecule has 204 valence electrons. The Balaban J connectivity index is 1.41. The lowest BCUT2D eigenvalue weighted by Gasteiger charge is -2.23. The third-order valence-corrected chi connectivity index (χ3v) is 9.49. The molecular weight excluding hydrogens is 512 g/mol. The van der Waals surface area contributed by atoms with Crippen molar-refractivity contribution in [2.45, 2.75) is 51.5 Å². The van der Waals surface area contributed by atoms with E-state index < -0.39 is 34.4 Å². The van der Waals surface area contributed by atoms with Crippen LogP contribution in [0.1, 0.15) is 66.4 Å². The van der Waals surface area contributed by atoms with Gasteiger partial charge in [0.1, 0.15) is 0 Å². The van der Waals surface area contributed by atoms with Crippen molar-refractivity contribution in [1.29, 1.82) is 0 Å². The zero-order valence-electron chi connectivity index (χ0n) is 22.9. The molecule has 1 aliphatic heterocycles. The van der Waals surface area contributed by atoms with Gasteiger partial charge in [0.2, 0.25) is 0 Å². The van der Waals surface area contributed by atoms with Crippen molar-refractivity contribution in [3.05, 3.63) is 76.5 Å². The molecule has 0 N–H and O–H groups in total. The number of rotatable bonds is 5. The average Bonchev–Trinajstić information content (AvgIpc) is 3.47. The molecule has 0 radical (unpaired) electrons. The third kappa shape index (κ3) is 5.62. The largest absolute Gasteiger partial charge is 0.452 e. The predicted octanol–water partition coefficient (Wildman–Crippen LogP) is 4.82. The predicted molar refractivity (Wildman–Crippen MR) is 153 cm³/mol. The standard InChI is InChI=1S/C31H34N2O5S/c1-31(2,3)22-12-9-20(10-13-22)17-21-11-14-25-28(24-7-5-6-8-26(24)32-29(21)25)30(35)38-18-27(34)33(4)23-15-16-39(36,37)19-23/h5-10,12-13,17,23H,11,14-16,18-19H2,1-4H3/b21-17-/t23-/m1/s1. The van der Waals surface area contributed by atoms with E-state index in [4.69, 9.17) is 9.72 Å². The number of hydrogen-bond acceptors (Lipinski definition) is 6. The molecule has 2 aromatic carbocycles. The van der Waals surface area contributed by atoms with E-state index in [1.807, 2.05) is 24.3 Å². The van der Waals surface area contributed by atoms with E-state index in [1.54, 1.807) is 7.05 Å². The monoisotopic (exact) mass is 546 g/mol. The van der Waals surface area contributed by atoms with Gasteiger partial charge >= 0.3 is 5.97 Å². The third-order valence-electron chi connectivity index (χ3n) is 7.74. The number of benzene rings is 2. The number of allylic oxidation sites excluding steroid dienone is 1. The van der Waals surface area contributed by atoms with Crippen LogP contribution in [-0.2, 0) is 31.2 Å². The van der Waals surface area contributed by atoms with Crippen LogP contribution in [0.15, 0.2) is 48.5 Å². The fourth-order valence-corrected chi connectivity index (χ4v) is 7.15. The van der Waals surface area contributed by atoms with E-state index in [9.17, 15) is 18.0 Å². The highest BCUT2D eigenvalue weighted by Crippen LogP contribution is 2.38. The van der Waals surface area contributed by atoms with Gasteiger partial charge in [0.25, 0.3) is 5.91 Å². The Morgan fingerprint density at radius 3 is 2.46 bits per heavy atom. The Hall–Kier alpha value is -3.52. The van der Waals surface area contributed by atoms with Crippen LogP contribution < -0.4 is 0 Å². The maximum Gasteiger partial charge on any atom is 0.339 e. The van der Waals surface area contributed by atoms with Crippen molar-refractivity contribution in [2.75, 3.05) is 25.2 Å². The number of para-hydroxylation sites is 1. The highest BCUT2D eigenvalue weighted by Gasteiger charge is 2.33. The van der Waals surface area contributed by atoms with Gasteiger partial charge in [0.15, 0.2) is 16.4 Å². The number of sulfone groups is 1. The summed E-state index contributed by atoms with van der Waals surface area (Å²) in [6, 6.07) is 15.6. The van der Waals surface area contributed by atoms with Crippen LogP contribution in [0.4, 0.5) is 0 Å². The van der Waals surface area contributed by atoms with Crippen molar-refractivity contribution >= 4 is 44.3 Å². The molecule has 8 heteroatoms. The summed E-state index contributed by atoms with van der Waals surface area (Å²) < 4.78 is 29.2. The van der Waals surface area contributed by atoms with Crippen LogP contribution in [-0.4, -0.2) is 61.4 Å². The van der Waals surface area contributed by atoms with Gasteiger partial charge in [0.05, 0.1) is 28.3 Å². The molecule has 3 aromatic rings. The van der Waals surface area contributed by atoms with E-state index in [1.165, 1.54) is 10.5 Å². The lowest BCUT2D eigenvalue weighted by Crippen LogP contribution is -2.40. The molecule has 5 rings (SSSR count). The quantitative estimate of drug-likeness (QED) is 0.426. The summed E-state index contributed by atoms with van der Waals surface area (Å²) in [5, 5.41) is 0.694. The van der Waals surface area contributed by atoms with Crippen molar-refractivity contribution in [2.24, 2.45) is 0 Å². The van der Waals surface area contributed by atoms with E-state index in [0.29, 0.717) is 29.3 Å². The van der Waals surface area contributed by atoms with Crippen LogP contribution in [0, 0.1) is 0 Å². The average molecular weight is 547 g/mol. The molecule has 1 aliphatic carbocycles. The van der Waals surface area contributed by atoms with Crippen LogP contribution in [0.25, 0.3) is 22.6 Å². The normalized spacial score (nSPS) is 19.3. The Labute approximate surface area is 229 Å². The summed E-state index contributed by atoms with van der Waals surface area (Å²) in [7, 11) is -1.57. The lowest BCUT2D eigenvalue weighted by molar-refractivity contribution is -0.134. The minimum absolute atomic E-state index is 0.0558. The second kappa shape index (κ2) is 10.2. The van der Waals surface area contributed by atoms with Gasteiger partial charge in [-0.2, -0.15) is 0 Å². The number of esters is 1. The van der Waals surface area contributed by atoms with Gasteiger partial charge in [-0.25, -0.2) is 18.2 Å². The molecule has 0 bridgehead atoms. The fraction of sp³-hybridized carbons (Fsp3) is 0.387. The van der Waals surface area contributed by atoms with Crippen molar-refractivity contribution in [1.82, 2.24) is 9.88 Å². The van der Waals surface area contributed by atoms with Crippen molar-refractivity contribution in [3.8, 4) is 0 Å². The maximum atomic E-state index is 13.4. The first-order valence-electron chi connectivity index (χ1n) is 13.3. The second-order valence-corrected chi connectivity index (χ2v) is 13.7. The van der Waals surface area contributed by atoms with E-state index in [-0.39, 0.29) is 16.9 Å². The minimum atomic E-state index is -3.13. The summed E-state index contributed by atoms with van der Waals surface area (Å²) in [6.45, 7) is 6.12. The summed E-state index contributed by atoms with van der Waals surface area (Å²) in [5.41, 5.74) is 6.24. The lowest BCUT2D eigenvalue weighted by atomic mass is 9.86. The summed E-state index contributed by atoms with van der Waals surface area (Å²) >= 11 is 0. The number of aromatic nitrogens is 1. The first kappa shape index (κ1) is 27.1. The molecule has 7 nitrogen and oxygen atoms in total. The number of nitrogens with zero attached hydrogens (tertiary/aromatic N) is 2. The Kier molecular flexibility index (Phi) is 7.10.